The molecule has 1 saturated carbocycles. The maximum absolute atomic E-state index is 6.05. The zero-order valence-electron chi connectivity index (χ0n) is 11.6. The third-order valence-corrected chi connectivity index (χ3v) is 3.32. The molecule has 100 valence electrons. The number of ether oxygens (including phenoxy) is 1. The van der Waals surface area contributed by atoms with Crippen molar-refractivity contribution in [2.75, 3.05) is 18.0 Å². The van der Waals surface area contributed by atoms with Gasteiger partial charge < -0.3 is 14.1 Å². The minimum Gasteiger partial charge on any atom is -0.408 e. The van der Waals surface area contributed by atoms with Crippen LogP contribution < -0.4 is 4.90 Å². The second-order valence-electron chi connectivity index (χ2n) is 6.67. The van der Waals surface area contributed by atoms with E-state index in [0.717, 1.165) is 19.0 Å². The van der Waals surface area contributed by atoms with Gasteiger partial charge in [-0.3, -0.25) is 0 Å². The standard InChI is InChI=1S/C13H21N3O2/c1-12(2)7-16(8-13(3,4)18-12)11-15-14-10(17-11)9-5-6-9/h9H,5-8H2,1-4H3. The van der Waals surface area contributed by atoms with Crippen LogP contribution in [0.1, 0.15) is 52.3 Å². The van der Waals surface area contributed by atoms with Crippen LogP contribution in [0.15, 0.2) is 4.42 Å². The molecule has 0 bridgehead atoms. The third kappa shape index (κ3) is 2.36. The first-order chi connectivity index (χ1) is 8.35. The molecule has 1 saturated heterocycles. The number of hydrogen-bond donors (Lipinski definition) is 0. The average molecular weight is 251 g/mol. The molecule has 0 spiro atoms. The largest absolute Gasteiger partial charge is 0.408 e. The molecule has 2 fully saturated rings. The van der Waals surface area contributed by atoms with Crippen LogP contribution in [-0.2, 0) is 4.74 Å². The Morgan fingerprint density at radius 1 is 1.06 bits per heavy atom. The number of morpholine rings is 1. The van der Waals surface area contributed by atoms with Crippen molar-refractivity contribution in [1.82, 2.24) is 10.2 Å². The highest BCUT2D eigenvalue weighted by atomic mass is 16.5. The van der Waals surface area contributed by atoms with Gasteiger partial charge >= 0.3 is 6.01 Å². The molecule has 2 heterocycles. The Morgan fingerprint density at radius 3 is 2.22 bits per heavy atom. The zero-order valence-corrected chi connectivity index (χ0v) is 11.6. The highest BCUT2D eigenvalue weighted by Crippen LogP contribution is 2.40. The lowest BCUT2D eigenvalue weighted by Gasteiger charge is -2.46. The van der Waals surface area contributed by atoms with Crippen molar-refractivity contribution in [2.45, 2.75) is 57.7 Å². The Bertz CT molecular complexity index is 433. The van der Waals surface area contributed by atoms with Crippen LogP contribution in [0.5, 0.6) is 0 Å². The normalized spacial score (nSPS) is 26.3. The Balaban J connectivity index is 1.81. The molecular weight excluding hydrogens is 230 g/mol. The molecule has 0 radical (unpaired) electrons. The smallest absolute Gasteiger partial charge is 0.318 e. The van der Waals surface area contributed by atoms with Crippen LogP contribution in [0.2, 0.25) is 0 Å². The van der Waals surface area contributed by atoms with Crippen molar-refractivity contribution in [2.24, 2.45) is 0 Å². The fourth-order valence-electron chi connectivity index (χ4n) is 2.77. The van der Waals surface area contributed by atoms with Gasteiger partial charge in [-0.15, -0.1) is 5.10 Å². The van der Waals surface area contributed by atoms with Gasteiger partial charge in [0.1, 0.15) is 0 Å². The molecule has 1 aromatic heterocycles. The minimum absolute atomic E-state index is 0.198. The SMILES string of the molecule is CC1(C)CN(c2nnc(C3CC3)o2)CC(C)(C)O1. The lowest BCUT2D eigenvalue weighted by molar-refractivity contribution is -0.134. The summed E-state index contributed by atoms with van der Waals surface area (Å²) in [5.41, 5.74) is -0.397. The molecule has 1 aliphatic heterocycles. The van der Waals surface area contributed by atoms with E-state index in [-0.39, 0.29) is 11.2 Å². The molecule has 0 N–H and O–H groups in total. The summed E-state index contributed by atoms with van der Waals surface area (Å²) < 4.78 is 11.8. The molecule has 2 aliphatic rings. The van der Waals surface area contributed by atoms with E-state index >= 15 is 0 Å². The fourth-order valence-corrected chi connectivity index (χ4v) is 2.77. The van der Waals surface area contributed by atoms with E-state index in [9.17, 15) is 0 Å². The monoisotopic (exact) mass is 251 g/mol. The van der Waals surface area contributed by atoms with E-state index in [0.29, 0.717) is 11.9 Å². The minimum atomic E-state index is -0.198. The molecule has 1 aliphatic carbocycles. The molecule has 5 nitrogen and oxygen atoms in total. The van der Waals surface area contributed by atoms with Crippen LogP contribution in [-0.4, -0.2) is 34.5 Å². The molecule has 5 heteroatoms. The maximum atomic E-state index is 6.05. The van der Waals surface area contributed by atoms with Crippen molar-refractivity contribution in [3.8, 4) is 0 Å². The lowest BCUT2D eigenvalue weighted by atomic mass is 9.99. The number of anilines is 1. The summed E-state index contributed by atoms with van der Waals surface area (Å²) in [5, 5.41) is 8.34. The Labute approximate surface area is 108 Å². The molecule has 18 heavy (non-hydrogen) atoms. The maximum Gasteiger partial charge on any atom is 0.318 e. The van der Waals surface area contributed by atoms with Crippen LogP contribution >= 0.6 is 0 Å². The Kier molecular flexibility index (Phi) is 2.46. The van der Waals surface area contributed by atoms with Gasteiger partial charge in [0.05, 0.1) is 24.3 Å². The quantitative estimate of drug-likeness (QED) is 0.807. The van der Waals surface area contributed by atoms with Gasteiger partial charge in [0, 0.05) is 5.92 Å². The van der Waals surface area contributed by atoms with Crippen molar-refractivity contribution >= 4 is 6.01 Å². The fraction of sp³-hybridized carbons (Fsp3) is 0.846. The third-order valence-electron chi connectivity index (χ3n) is 3.32. The summed E-state index contributed by atoms with van der Waals surface area (Å²) >= 11 is 0. The predicted molar refractivity (Wildman–Crippen MR) is 67.7 cm³/mol. The number of nitrogens with zero attached hydrogens (tertiary/aromatic N) is 3. The van der Waals surface area contributed by atoms with E-state index in [1.54, 1.807) is 0 Å². The van der Waals surface area contributed by atoms with Gasteiger partial charge in [-0.25, -0.2) is 0 Å². The number of aromatic nitrogens is 2. The van der Waals surface area contributed by atoms with Crippen molar-refractivity contribution in [3.63, 3.8) is 0 Å². The van der Waals surface area contributed by atoms with Gasteiger partial charge in [-0.1, -0.05) is 5.10 Å². The first-order valence-corrected chi connectivity index (χ1v) is 6.63. The van der Waals surface area contributed by atoms with Crippen LogP contribution in [0.4, 0.5) is 6.01 Å². The van der Waals surface area contributed by atoms with Crippen molar-refractivity contribution < 1.29 is 9.15 Å². The van der Waals surface area contributed by atoms with E-state index in [1.807, 2.05) is 0 Å². The molecule has 0 amide bonds. The summed E-state index contributed by atoms with van der Waals surface area (Å²) in [6, 6.07) is 0.640. The Morgan fingerprint density at radius 2 is 1.67 bits per heavy atom. The first-order valence-electron chi connectivity index (χ1n) is 6.63. The van der Waals surface area contributed by atoms with Crippen molar-refractivity contribution in [3.05, 3.63) is 5.89 Å². The van der Waals surface area contributed by atoms with E-state index in [2.05, 4.69) is 42.8 Å². The first kappa shape index (κ1) is 12.0. The molecule has 0 unspecified atom stereocenters. The summed E-state index contributed by atoms with van der Waals surface area (Å²) in [6.07, 6.45) is 2.36. The lowest BCUT2D eigenvalue weighted by Crippen LogP contribution is -2.57. The van der Waals surface area contributed by atoms with Crippen LogP contribution in [0.3, 0.4) is 0 Å². The van der Waals surface area contributed by atoms with Gasteiger partial charge in [-0.05, 0) is 40.5 Å². The predicted octanol–water partition coefficient (Wildman–Crippen LogP) is 2.34. The highest BCUT2D eigenvalue weighted by Gasteiger charge is 2.40. The molecule has 3 rings (SSSR count). The van der Waals surface area contributed by atoms with Crippen LogP contribution in [0, 0.1) is 0 Å². The van der Waals surface area contributed by atoms with Gasteiger partial charge in [0.2, 0.25) is 5.89 Å². The summed E-state index contributed by atoms with van der Waals surface area (Å²) in [5.74, 6) is 1.31. The number of hydrogen-bond acceptors (Lipinski definition) is 5. The topological polar surface area (TPSA) is 51.4 Å². The molecule has 1 aromatic rings. The number of rotatable bonds is 2. The van der Waals surface area contributed by atoms with E-state index < -0.39 is 0 Å². The van der Waals surface area contributed by atoms with Gasteiger partial charge in [0.25, 0.3) is 0 Å². The van der Waals surface area contributed by atoms with Gasteiger partial charge in [-0.2, -0.15) is 0 Å². The Hall–Kier alpha value is -1.10. The second kappa shape index (κ2) is 3.70. The van der Waals surface area contributed by atoms with E-state index in [4.69, 9.17) is 9.15 Å². The van der Waals surface area contributed by atoms with Crippen LogP contribution in [0.25, 0.3) is 0 Å². The summed E-state index contributed by atoms with van der Waals surface area (Å²) in [7, 11) is 0. The molecular formula is C13H21N3O2. The average Bonchev–Trinajstić information content (AvgIpc) is 2.92. The van der Waals surface area contributed by atoms with Gasteiger partial charge in [0.15, 0.2) is 0 Å². The second-order valence-corrected chi connectivity index (χ2v) is 6.67. The molecule has 0 atom stereocenters. The van der Waals surface area contributed by atoms with Crippen molar-refractivity contribution in [1.29, 1.82) is 0 Å². The zero-order chi connectivity index (χ0) is 13.0. The molecule has 0 aromatic carbocycles. The summed E-state index contributed by atoms with van der Waals surface area (Å²) in [4.78, 5) is 2.14. The highest BCUT2D eigenvalue weighted by molar-refractivity contribution is 5.28. The summed E-state index contributed by atoms with van der Waals surface area (Å²) in [6.45, 7) is 9.95. The van der Waals surface area contributed by atoms with E-state index in [1.165, 1.54) is 12.8 Å².